The van der Waals surface area contributed by atoms with E-state index in [9.17, 15) is 29.4 Å². The summed E-state index contributed by atoms with van der Waals surface area (Å²) in [5.41, 5.74) is 1.51. The Bertz CT molecular complexity index is 1330. The molecule has 2 aromatic carbocycles. The van der Waals surface area contributed by atoms with Crippen LogP contribution in [0.3, 0.4) is 0 Å². The average Bonchev–Trinajstić information content (AvgIpc) is 3.38. The van der Waals surface area contributed by atoms with Gasteiger partial charge in [-0.15, -0.1) is 0 Å². The molecule has 4 atom stereocenters. The lowest BCUT2D eigenvalue weighted by atomic mass is 9.92. The molecule has 0 spiro atoms. The summed E-state index contributed by atoms with van der Waals surface area (Å²) in [6.07, 6.45) is -3.55. The number of carboxylic acid groups (broad SMARTS) is 2. The molecular weight excluding hydrogens is 606 g/mol. The average molecular weight is 632 g/mol. The van der Waals surface area contributed by atoms with Crippen LogP contribution in [0.2, 0.25) is 20.1 Å². The van der Waals surface area contributed by atoms with E-state index in [0.29, 0.717) is 24.0 Å². The first-order chi connectivity index (χ1) is 18.6. The molecule has 0 fully saturated rings. The van der Waals surface area contributed by atoms with Gasteiger partial charge in [0.2, 0.25) is 12.2 Å². The van der Waals surface area contributed by atoms with Crippen molar-refractivity contribution in [1.29, 1.82) is 0 Å². The molecule has 0 aliphatic heterocycles. The predicted octanol–water partition coefficient (Wildman–Crippen LogP) is 6.69. The highest BCUT2D eigenvalue weighted by Crippen LogP contribution is 2.46. The van der Waals surface area contributed by atoms with Crippen molar-refractivity contribution >= 4 is 69.9 Å². The Kier molecular flexibility index (Phi) is 8.67. The number of aliphatic carboxylic acids is 2. The maximum Gasteiger partial charge on any atom is 0.349 e. The lowest BCUT2D eigenvalue weighted by Gasteiger charge is -2.24. The second kappa shape index (κ2) is 11.4. The summed E-state index contributed by atoms with van der Waals surface area (Å²) in [4.78, 5) is 50.2. The lowest BCUT2D eigenvalue weighted by molar-refractivity contribution is -0.161. The molecule has 2 aliphatic carbocycles. The number of benzene rings is 2. The minimum absolute atomic E-state index is 0.0191. The van der Waals surface area contributed by atoms with Crippen molar-refractivity contribution in [3.63, 3.8) is 0 Å². The van der Waals surface area contributed by atoms with E-state index in [1.165, 1.54) is 12.1 Å². The van der Waals surface area contributed by atoms with Gasteiger partial charge in [0, 0.05) is 23.0 Å². The van der Waals surface area contributed by atoms with Gasteiger partial charge >= 0.3 is 11.9 Å². The first-order valence-electron chi connectivity index (χ1n) is 12.5. The van der Waals surface area contributed by atoms with Crippen LogP contribution in [0.25, 0.3) is 0 Å². The lowest BCUT2D eigenvalue weighted by Crippen LogP contribution is -2.47. The third-order valence-corrected chi connectivity index (χ3v) is 9.13. The molecule has 0 aromatic heterocycles. The zero-order valence-electron chi connectivity index (χ0n) is 21.9. The largest absolute Gasteiger partial charge is 0.478 e. The molecule has 0 saturated carbocycles. The smallest absolute Gasteiger partial charge is 0.349 e. The quantitative estimate of drug-likeness (QED) is 0.313. The van der Waals surface area contributed by atoms with Gasteiger partial charge in [-0.3, -0.25) is 9.59 Å². The maximum absolute atomic E-state index is 12.9. The summed E-state index contributed by atoms with van der Waals surface area (Å²) >= 11 is 25.5. The van der Waals surface area contributed by atoms with Crippen molar-refractivity contribution in [2.24, 2.45) is 23.7 Å². The van der Waals surface area contributed by atoms with Crippen molar-refractivity contribution in [1.82, 2.24) is 0 Å². The standard InChI is InChI=1S/C28H26Cl4O8/c1-9(2)13-5-11-7-15(19(29)21(31)17(11)23(13)33)39-25(27(35)36)26(28(37)38)40-16-8-12-6-14(10(3)4)24(34)18(12)22(32)20(16)30/h7-10,13-14,25-26H,5-6H2,1-4H3,(H,35,36)(H,37,38). The highest BCUT2D eigenvalue weighted by atomic mass is 35.5. The number of hydrogen-bond donors (Lipinski definition) is 2. The Morgan fingerprint density at radius 3 is 1.30 bits per heavy atom. The number of halogens is 4. The van der Waals surface area contributed by atoms with Crippen molar-refractivity contribution in [2.45, 2.75) is 52.7 Å². The Labute approximate surface area is 250 Å². The molecule has 0 saturated heterocycles. The fourth-order valence-corrected chi connectivity index (χ4v) is 6.20. The van der Waals surface area contributed by atoms with Crippen LogP contribution in [0.1, 0.15) is 59.5 Å². The van der Waals surface area contributed by atoms with E-state index < -0.39 is 24.1 Å². The molecule has 12 heteroatoms. The molecule has 2 aliphatic rings. The van der Waals surface area contributed by atoms with Crippen LogP contribution in [0.5, 0.6) is 11.5 Å². The SMILES string of the molecule is CC(C)C1Cc2cc(OC(C(=O)O)C(Oc3cc4c(c(Cl)c3Cl)C(=O)C(C(C)C)C4)C(=O)O)c(Cl)c(Cl)c2C1=O. The van der Waals surface area contributed by atoms with Crippen LogP contribution in [-0.2, 0) is 22.4 Å². The summed E-state index contributed by atoms with van der Waals surface area (Å²) in [5.74, 6) is -4.75. The van der Waals surface area contributed by atoms with Gasteiger partial charge in [0.05, 0.1) is 10.0 Å². The third-order valence-electron chi connectivity index (χ3n) is 7.44. The fourth-order valence-electron chi connectivity index (χ4n) is 5.20. The molecule has 0 bridgehead atoms. The maximum atomic E-state index is 12.9. The molecular formula is C28H26Cl4O8. The Hall–Kier alpha value is -2.52. The zero-order chi connectivity index (χ0) is 29.8. The van der Waals surface area contributed by atoms with Gasteiger partial charge in [-0.2, -0.15) is 0 Å². The van der Waals surface area contributed by atoms with Crippen LogP contribution >= 0.6 is 46.4 Å². The van der Waals surface area contributed by atoms with Crippen molar-refractivity contribution in [3.05, 3.63) is 54.5 Å². The number of ketones is 2. The molecule has 4 rings (SSSR count). The van der Waals surface area contributed by atoms with Crippen LogP contribution in [0, 0.1) is 23.7 Å². The van der Waals surface area contributed by atoms with E-state index in [-0.39, 0.29) is 78.0 Å². The van der Waals surface area contributed by atoms with Crippen molar-refractivity contribution in [2.75, 3.05) is 0 Å². The molecule has 214 valence electrons. The Morgan fingerprint density at radius 2 is 1.02 bits per heavy atom. The highest BCUT2D eigenvalue weighted by molar-refractivity contribution is 6.46. The normalized spacial score (nSPS) is 19.6. The van der Waals surface area contributed by atoms with E-state index in [0.717, 1.165) is 0 Å². The highest BCUT2D eigenvalue weighted by Gasteiger charge is 2.42. The van der Waals surface area contributed by atoms with Crippen LogP contribution in [-0.4, -0.2) is 45.9 Å². The molecule has 0 amide bonds. The second-order valence-electron chi connectivity index (χ2n) is 10.7. The van der Waals surface area contributed by atoms with Crippen molar-refractivity contribution < 1.29 is 38.9 Å². The first-order valence-corrected chi connectivity index (χ1v) is 14.1. The van der Waals surface area contributed by atoms with Gasteiger partial charge in [-0.25, -0.2) is 9.59 Å². The summed E-state index contributed by atoms with van der Waals surface area (Å²) in [6.45, 7) is 7.58. The number of Topliss-reactive ketones (excluding diaryl/α,β-unsaturated/α-hetero) is 2. The summed E-state index contributed by atoms with van der Waals surface area (Å²) < 4.78 is 11.2. The van der Waals surface area contributed by atoms with Gasteiger partial charge in [-0.05, 0) is 47.9 Å². The molecule has 0 radical (unpaired) electrons. The van der Waals surface area contributed by atoms with E-state index in [2.05, 4.69) is 0 Å². The number of rotatable bonds is 9. The molecule has 40 heavy (non-hydrogen) atoms. The zero-order valence-corrected chi connectivity index (χ0v) is 24.9. The van der Waals surface area contributed by atoms with E-state index in [1.54, 1.807) is 0 Å². The second-order valence-corrected chi connectivity index (χ2v) is 12.2. The summed E-state index contributed by atoms with van der Waals surface area (Å²) in [6, 6.07) is 2.80. The first kappa shape index (κ1) is 30.4. The molecule has 2 aromatic rings. The molecule has 4 unspecified atom stereocenters. The van der Waals surface area contributed by atoms with E-state index in [4.69, 9.17) is 55.9 Å². The molecule has 8 nitrogen and oxygen atoms in total. The number of carbonyl (C=O) groups is 4. The van der Waals surface area contributed by atoms with Gasteiger partial charge < -0.3 is 19.7 Å². The molecule has 2 N–H and O–H groups in total. The number of carboxylic acids is 2. The van der Waals surface area contributed by atoms with E-state index in [1.807, 2.05) is 27.7 Å². The van der Waals surface area contributed by atoms with Gasteiger partial charge in [0.1, 0.15) is 21.5 Å². The molecule has 0 heterocycles. The Balaban J connectivity index is 1.69. The Morgan fingerprint density at radius 1 is 0.700 bits per heavy atom. The monoisotopic (exact) mass is 630 g/mol. The van der Waals surface area contributed by atoms with Gasteiger partial charge in [0.25, 0.3) is 0 Å². The van der Waals surface area contributed by atoms with Crippen LogP contribution < -0.4 is 9.47 Å². The van der Waals surface area contributed by atoms with Crippen LogP contribution in [0.4, 0.5) is 0 Å². The minimum atomic E-state index is -2.12. The minimum Gasteiger partial charge on any atom is -0.478 e. The fraction of sp³-hybridized carbons (Fsp3) is 0.429. The summed E-state index contributed by atoms with van der Waals surface area (Å²) in [5, 5.41) is 19.2. The predicted molar refractivity (Wildman–Crippen MR) is 150 cm³/mol. The number of ether oxygens (including phenoxy) is 2. The van der Waals surface area contributed by atoms with Crippen LogP contribution in [0.15, 0.2) is 12.1 Å². The topological polar surface area (TPSA) is 127 Å². The number of carbonyl (C=O) groups excluding carboxylic acids is 2. The van der Waals surface area contributed by atoms with Crippen molar-refractivity contribution in [3.8, 4) is 11.5 Å². The summed E-state index contributed by atoms with van der Waals surface area (Å²) in [7, 11) is 0. The van der Waals surface area contributed by atoms with E-state index >= 15 is 0 Å². The third kappa shape index (κ3) is 5.27. The van der Waals surface area contributed by atoms with Gasteiger partial charge in [0.15, 0.2) is 11.6 Å². The van der Waals surface area contributed by atoms with Gasteiger partial charge in [-0.1, -0.05) is 74.1 Å². The number of fused-ring (bicyclic) bond motifs is 2. The number of hydrogen-bond acceptors (Lipinski definition) is 6.